The lowest BCUT2D eigenvalue weighted by Gasteiger charge is -2.00. The normalized spacial score (nSPS) is 9.92. The maximum absolute atomic E-state index is 10.4. The molecule has 0 aliphatic rings. The second kappa shape index (κ2) is 5.52. The summed E-state index contributed by atoms with van der Waals surface area (Å²) in [5.74, 6) is 0. The summed E-state index contributed by atoms with van der Waals surface area (Å²) >= 11 is 0. The SMILES string of the molecule is [CH2]CCCCc1cccc([C]=O)c1. The Morgan fingerprint density at radius 1 is 1.31 bits per heavy atom. The van der Waals surface area contributed by atoms with E-state index in [-0.39, 0.29) is 0 Å². The molecule has 0 atom stereocenters. The molecule has 0 spiro atoms. The van der Waals surface area contributed by atoms with Crippen LogP contribution in [0.3, 0.4) is 0 Å². The Hall–Kier alpha value is -1.11. The van der Waals surface area contributed by atoms with Crippen LogP contribution in [0.15, 0.2) is 24.3 Å². The molecule has 1 rings (SSSR count). The number of hydrogen-bond acceptors (Lipinski definition) is 1. The van der Waals surface area contributed by atoms with Crippen LogP contribution in [-0.2, 0) is 11.2 Å². The van der Waals surface area contributed by atoms with Crippen LogP contribution in [0.4, 0.5) is 0 Å². The summed E-state index contributed by atoms with van der Waals surface area (Å²) in [6.45, 7) is 3.79. The fourth-order valence-electron chi connectivity index (χ4n) is 1.30. The minimum Gasteiger partial charge on any atom is -0.285 e. The van der Waals surface area contributed by atoms with Gasteiger partial charge in [0.25, 0.3) is 0 Å². The monoisotopic (exact) mass is 174 g/mol. The van der Waals surface area contributed by atoms with Gasteiger partial charge in [0.2, 0.25) is 6.29 Å². The van der Waals surface area contributed by atoms with Crippen molar-refractivity contribution in [3.05, 3.63) is 42.3 Å². The molecule has 0 aromatic heterocycles. The first-order chi connectivity index (χ1) is 6.36. The van der Waals surface area contributed by atoms with Gasteiger partial charge in [-0.25, -0.2) is 0 Å². The summed E-state index contributed by atoms with van der Waals surface area (Å²) < 4.78 is 0. The molecule has 0 N–H and O–H groups in total. The summed E-state index contributed by atoms with van der Waals surface area (Å²) in [6, 6.07) is 7.62. The number of benzene rings is 1. The van der Waals surface area contributed by atoms with Crippen molar-refractivity contribution < 1.29 is 4.79 Å². The van der Waals surface area contributed by atoms with Crippen molar-refractivity contribution in [2.45, 2.75) is 25.7 Å². The maximum atomic E-state index is 10.4. The van der Waals surface area contributed by atoms with Crippen LogP contribution >= 0.6 is 0 Å². The molecule has 1 nitrogen and oxygen atoms in total. The summed E-state index contributed by atoms with van der Waals surface area (Å²) in [4.78, 5) is 10.4. The van der Waals surface area contributed by atoms with Gasteiger partial charge in [-0.3, -0.25) is 4.79 Å². The number of unbranched alkanes of at least 4 members (excludes halogenated alkanes) is 2. The van der Waals surface area contributed by atoms with E-state index in [0.717, 1.165) is 25.7 Å². The Bertz CT molecular complexity index is 266. The fourth-order valence-corrected chi connectivity index (χ4v) is 1.30. The van der Waals surface area contributed by atoms with E-state index in [1.807, 2.05) is 24.5 Å². The first-order valence-corrected chi connectivity index (χ1v) is 4.63. The van der Waals surface area contributed by atoms with Crippen molar-refractivity contribution in [2.75, 3.05) is 0 Å². The molecule has 0 aliphatic carbocycles. The van der Waals surface area contributed by atoms with Gasteiger partial charge in [0, 0.05) is 5.56 Å². The van der Waals surface area contributed by atoms with E-state index in [2.05, 4.69) is 6.92 Å². The van der Waals surface area contributed by atoms with Gasteiger partial charge in [-0.1, -0.05) is 38.0 Å². The van der Waals surface area contributed by atoms with Crippen molar-refractivity contribution >= 4 is 6.29 Å². The highest BCUT2D eigenvalue weighted by Gasteiger charge is 1.95. The fraction of sp³-hybridized carbons (Fsp3) is 0.333. The second-order valence-corrected chi connectivity index (χ2v) is 3.11. The minimum atomic E-state index is 0.645. The second-order valence-electron chi connectivity index (χ2n) is 3.11. The Morgan fingerprint density at radius 3 is 2.85 bits per heavy atom. The molecule has 2 radical (unpaired) electrons. The summed E-state index contributed by atoms with van der Waals surface area (Å²) in [6.07, 6.45) is 6.21. The molecule has 0 saturated heterocycles. The van der Waals surface area contributed by atoms with Crippen molar-refractivity contribution in [3.63, 3.8) is 0 Å². The van der Waals surface area contributed by atoms with Gasteiger partial charge in [0.15, 0.2) is 0 Å². The van der Waals surface area contributed by atoms with E-state index in [9.17, 15) is 4.79 Å². The molecular weight excluding hydrogens is 160 g/mol. The topological polar surface area (TPSA) is 17.1 Å². The zero-order valence-corrected chi connectivity index (χ0v) is 7.75. The highest BCUT2D eigenvalue weighted by molar-refractivity contribution is 5.75. The molecule has 0 amide bonds. The zero-order valence-electron chi connectivity index (χ0n) is 7.75. The first kappa shape index (κ1) is 9.97. The van der Waals surface area contributed by atoms with Crippen LogP contribution in [0.25, 0.3) is 0 Å². The van der Waals surface area contributed by atoms with Gasteiger partial charge >= 0.3 is 0 Å². The van der Waals surface area contributed by atoms with Gasteiger partial charge in [-0.15, -0.1) is 0 Å². The van der Waals surface area contributed by atoms with E-state index in [0.29, 0.717) is 5.56 Å². The Balaban J connectivity index is 2.51. The zero-order chi connectivity index (χ0) is 9.52. The Kier molecular flexibility index (Phi) is 4.24. The minimum absolute atomic E-state index is 0.645. The molecule has 0 heterocycles. The van der Waals surface area contributed by atoms with Crippen LogP contribution in [0.5, 0.6) is 0 Å². The average molecular weight is 174 g/mol. The third-order valence-corrected chi connectivity index (χ3v) is 2.01. The van der Waals surface area contributed by atoms with Crippen LogP contribution in [0.1, 0.15) is 30.4 Å². The summed E-state index contributed by atoms with van der Waals surface area (Å²) in [7, 11) is 0. The summed E-state index contributed by atoms with van der Waals surface area (Å²) in [5, 5.41) is 0. The van der Waals surface area contributed by atoms with Crippen molar-refractivity contribution in [1.29, 1.82) is 0 Å². The van der Waals surface area contributed by atoms with E-state index in [4.69, 9.17) is 0 Å². The molecular formula is C12H14O. The van der Waals surface area contributed by atoms with Crippen LogP contribution in [0, 0.1) is 6.92 Å². The van der Waals surface area contributed by atoms with Crippen molar-refractivity contribution in [2.24, 2.45) is 0 Å². The molecule has 0 saturated carbocycles. The molecule has 68 valence electrons. The number of aryl methyl sites for hydroxylation is 1. The Labute approximate surface area is 79.8 Å². The number of carbonyl (C=O) groups excluding carboxylic acids is 1. The van der Waals surface area contributed by atoms with Crippen molar-refractivity contribution in [1.82, 2.24) is 0 Å². The predicted octanol–water partition coefficient (Wildman–Crippen LogP) is 2.69. The molecule has 1 aromatic rings. The van der Waals surface area contributed by atoms with E-state index in [1.165, 1.54) is 5.56 Å². The van der Waals surface area contributed by atoms with Gasteiger partial charge in [0.1, 0.15) is 0 Å². The number of rotatable bonds is 5. The van der Waals surface area contributed by atoms with Gasteiger partial charge < -0.3 is 0 Å². The first-order valence-electron chi connectivity index (χ1n) is 4.63. The van der Waals surface area contributed by atoms with Crippen LogP contribution in [0.2, 0.25) is 0 Å². The lowest BCUT2D eigenvalue weighted by Crippen LogP contribution is -1.87. The van der Waals surface area contributed by atoms with Crippen LogP contribution < -0.4 is 0 Å². The predicted molar refractivity (Wildman–Crippen MR) is 54.1 cm³/mol. The number of hydrogen-bond donors (Lipinski definition) is 0. The largest absolute Gasteiger partial charge is 0.285 e. The van der Waals surface area contributed by atoms with Crippen LogP contribution in [-0.4, -0.2) is 6.29 Å². The van der Waals surface area contributed by atoms with Gasteiger partial charge in [0.05, 0.1) is 0 Å². The molecule has 13 heavy (non-hydrogen) atoms. The molecule has 0 bridgehead atoms. The van der Waals surface area contributed by atoms with Gasteiger partial charge in [-0.05, 0) is 24.5 Å². The van der Waals surface area contributed by atoms with E-state index in [1.54, 1.807) is 6.07 Å². The molecule has 1 heteroatoms. The lowest BCUT2D eigenvalue weighted by molar-refractivity contribution is 0.562. The third-order valence-electron chi connectivity index (χ3n) is 2.01. The standard InChI is InChI=1S/C12H14O/c1-2-3-4-6-11-7-5-8-12(9-11)10-13/h5,7-9H,1-4,6H2. The third kappa shape index (κ3) is 3.41. The quantitative estimate of drug-likeness (QED) is 0.627. The maximum Gasteiger partial charge on any atom is 0.233 e. The molecule has 1 aromatic carbocycles. The Morgan fingerprint density at radius 2 is 2.15 bits per heavy atom. The van der Waals surface area contributed by atoms with E-state index < -0.39 is 0 Å². The molecule has 0 aliphatic heterocycles. The average Bonchev–Trinajstić information content (AvgIpc) is 2.19. The molecule has 0 unspecified atom stereocenters. The van der Waals surface area contributed by atoms with E-state index >= 15 is 0 Å². The lowest BCUT2D eigenvalue weighted by atomic mass is 10.1. The van der Waals surface area contributed by atoms with Gasteiger partial charge in [-0.2, -0.15) is 0 Å². The van der Waals surface area contributed by atoms with Crippen molar-refractivity contribution in [3.8, 4) is 0 Å². The highest BCUT2D eigenvalue weighted by atomic mass is 16.1. The molecule has 0 fully saturated rings. The summed E-state index contributed by atoms with van der Waals surface area (Å²) in [5.41, 5.74) is 1.86. The smallest absolute Gasteiger partial charge is 0.233 e. The highest BCUT2D eigenvalue weighted by Crippen LogP contribution is 2.08.